The first-order chi connectivity index (χ1) is 8.31. The Balaban J connectivity index is 2.76. The van der Waals surface area contributed by atoms with Gasteiger partial charge in [0.25, 0.3) is 0 Å². The van der Waals surface area contributed by atoms with E-state index in [0.29, 0.717) is 0 Å². The normalized spacial score (nSPS) is 24.8. The summed E-state index contributed by atoms with van der Waals surface area (Å²) in [6, 6.07) is 0. The molecule has 0 aromatic rings. The molecule has 0 radical (unpaired) electrons. The fraction of sp³-hybridized carbons (Fsp3) is 0.800. The van der Waals surface area contributed by atoms with E-state index in [2.05, 4.69) is 9.47 Å². The first-order valence-corrected chi connectivity index (χ1v) is 7.05. The molecule has 1 saturated heterocycles. The van der Waals surface area contributed by atoms with Crippen molar-refractivity contribution < 1.29 is 27.5 Å². The largest absolute Gasteiger partial charge is 0.469 e. The third-order valence-corrected chi connectivity index (χ3v) is 4.69. The molecule has 7 nitrogen and oxygen atoms in total. The van der Waals surface area contributed by atoms with Crippen LogP contribution < -0.4 is 0 Å². The molecule has 18 heavy (non-hydrogen) atoms. The molecule has 0 N–H and O–H groups in total. The Morgan fingerprint density at radius 1 is 1.22 bits per heavy atom. The topological polar surface area (TPSA) is 90.0 Å². The molecule has 0 bridgehead atoms. The Bertz CT molecular complexity index is 432. The number of rotatable bonds is 4. The molecule has 104 valence electrons. The fourth-order valence-corrected chi connectivity index (χ4v) is 3.36. The average molecular weight is 279 g/mol. The van der Waals surface area contributed by atoms with Crippen LogP contribution in [0, 0.1) is 11.8 Å². The zero-order valence-electron chi connectivity index (χ0n) is 10.6. The minimum atomic E-state index is -3.73. The van der Waals surface area contributed by atoms with Crippen molar-refractivity contribution in [2.45, 2.75) is 6.92 Å². The van der Waals surface area contributed by atoms with Gasteiger partial charge in [-0.05, 0) is 5.92 Å². The van der Waals surface area contributed by atoms with Crippen LogP contribution in [0.15, 0.2) is 0 Å². The SMILES string of the molecule is COC(=O)CS(=O)(=O)N1CC(C)C(C(=O)OC)C1. The lowest BCUT2D eigenvalue weighted by molar-refractivity contribution is -0.146. The minimum Gasteiger partial charge on any atom is -0.469 e. The van der Waals surface area contributed by atoms with Crippen LogP contribution in [0.4, 0.5) is 0 Å². The molecule has 1 fully saturated rings. The van der Waals surface area contributed by atoms with E-state index in [1.54, 1.807) is 6.92 Å². The molecule has 0 saturated carbocycles. The summed E-state index contributed by atoms with van der Waals surface area (Å²) in [6.45, 7) is 2.03. The highest BCUT2D eigenvalue weighted by Gasteiger charge is 2.41. The Morgan fingerprint density at radius 3 is 2.33 bits per heavy atom. The van der Waals surface area contributed by atoms with Crippen LogP contribution >= 0.6 is 0 Å². The standard InChI is InChI=1S/C10H17NO6S/c1-7-4-11(5-8(7)10(13)17-3)18(14,15)6-9(12)16-2/h7-8H,4-6H2,1-3H3. The van der Waals surface area contributed by atoms with E-state index >= 15 is 0 Å². The lowest BCUT2D eigenvalue weighted by Crippen LogP contribution is -2.35. The molecule has 2 unspecified atom stereocenters. The predicted octanol–water partition coefficient (Wildman–Crippen LogP) is -0.770. The number of hydrogen-bond acceptors (Lipinski definition) is 6. The first-order valence-electron chi connectivity index (χ1n) is 5.44. The van der Waals surface area contributed by atoms with Gasteiger partial charge < -0.3 is 9.47 Å². The van der Waals surface area contributed by atoms with Gasteiger partial charge in [-0.25, -0.2) is 12.7 Å². The third-order valence-electron chi connectivity index (χ3n) is 3.00. The van der Waals surface area contributed by atoms with Gasteiger partial charge in [0.15, 0.2) is 5.75 Å². The van der Waals surface area contributed by atoms with Crippen LogP contribution in [0.25, 0.3) is 0 Å². The molecule has 1 aliphatic rings. The number of carbonyl (C=O) groups is 2. The van der Waals surface area contributed by atoms with Gasteiger partial charge in [0.05, 0.1) is 20.1 Å². The van der Waals surface area contributed by atoms with Crippen LogP contribution in [-0.2, 0) is 29.1 Å². The van der Waals surface area contributed by atoms with Crippen molar-refractivity contribution in [2.24, 2.45) is 11.8 Å². The van der Waals surface area contributed by atoms with E-state index in [-0.39, 0.29) is 19.0 Å². The Morgan fingerprint density at radius 2 is 1.83 bits per heavy atom. The van der Waals surface area contributed by atoms with Crippen LogP contribution in [0.3, 0.4) is 0 Å². The molecule has 1 heterocycles. The van der Waals surface area contributed by atoms with Gasteiger partial charge in [0.2, 0.25) is 10.0 Å². The van der Waals surface area contributed by atoms with Crippen molar-refractivity contribution in [1.29, 1.82) is 0 Å². The van der Waals surface area contributed by atoms with Crippen LogP contribution in [0.5, 0.6) is 0 Å². The highest BCUT2D eigenvalue weighted by Crippen LogP contribution is 2.26. The summed E-state index contributed by atoms with van der Waals surface area (Å²) in [4.78, 5) is 22.5. The molecule has 0 amide bonds. The number of esters is 2. The lowest BCUT2D eigenvalue weighted by atomic mass is 9.99. The van der Waals surface area contributed by atoms with Gasteiger partial charge in [0, 0.05) is 13.1 Å². The summed E-state index contributed by atoms with van der Waals surface area (Å²) < 4.78 is 33.8. The van der Waals surface area contributed by atoms with Crippen molar-refractivity contribution in [3.63, 3.8) is 0 Å². The molecular formula is C10H17NO6S. The summed E-state index contributed by atoms with van der Waals surface area (Å²) in [5, 5.41) is 0. The summed E-state index contributed by atoms with van der Waals surface area (Å²) in [5.74, 6) is -2.57. The Labute approximate surface area is 106 Å². The zero-order chi connectivity index (χ0) is 13.9. The van der Waals surface area contributed by atoms with Gasteiger partial charge in [-0.2, -0.15) is 0 Å². The number of carbonyl (C=O) groups excluding carboxylic acids is 2. The fourth-order valence-electron chi connectivity index (χ4n) is 1.91. The van der Waals surface area contributed by atoms with E-state index < -0.39 is 33.6 Å². The van der Waals surface area contributed by atoms with Gasteiger partial charge in [-0.15, -0.1) is 0 Å². The highest BCUT2D eigenvalue weighted by atomic mass is 32.2. The maximum Gasteiger partial charge on any atom is 0.322 e. The summed E-state index contributed by atoms with van der Waals surface area (Å²) in [5.41, 5.74) is 0. The lowest BCUT2D eigenvalue weighted by Gasteiger charge is -2.14. The van der Waals surface area contributed by atoms with Crippen molar-refractivity contribution >= 4 is 22.0 Å². The second kappa shape index (κ2) is 5.66. The molecule has 1 aliphatic heterocycles. The monoisotopic (exact) mass is 279 g/mol. The molecule has 0 spiro atoms. The first kappa shape index (κ1) is 14.9. The third kappa shape index (κ3) is 3.20. The van der Waals surface area contributed by atoms with Crippen molar-refractivity contribution in [3.05, 3.63) is 0 Å². The number of nitrogens with zero attached hydrogens (tertiary/aromatic N) is 1. The highest BCUT2D eigenvalue weighted by molar-refractivity contribution is 7.89. The van der Waals surface area contributed by atoms with Gasteiger partial charge in [0.1, 0.15) is 0 Å². The number of sulfonamides is 1. The van der Waals surface area contributed by atoms with Crippen LogP contribution in [0.2, 0.25) is 0 Å². The van der Waals surface area contributed by atoms with Crippen LogP contribution in [0.1, 0.15) is 6.92 Å². The van der Waals surface area contributed by atoms with Gasteiger partial charge in [-0.1, -0.05) is 6.92 Å². The zero-order valence-corrected chi connectivity index (χ0v) is 11.4. The van der Waals surface area contributed by atoms with Gasteiger partial charge >= 0.3 is 11.9 Å². The number of methoxy groups -OCH3 is 2. The molecule has 0 aliphatic carbocycles. The van der Waals surface area contributed by atoms with Gasteiger partial charge in [-0.3, -0.25) is 9.59 Å². The Kier molecular flexibility index (Phi) is 4.69. The van der Waals surface area contributed by atoms with Crippen molar-refractivity contribution in [3.8, 4) is 0 Å². The maximum atomic E-state index is 11.9. The molecular weight excluding hydrogens is 262 g/mol. The predicted molar refractivity (Wildman–Crippen MR) is 62.0 cm³/mol. The van der Waals surface area contributed by atoms with Crippen molar-refractivity contribution in [1.82, 2.24) is 4.31 Å². The van der Waals surface area contributed by atoms with E-state index in [1.165, 1.54) is 7.11 Å². The molecule has 8 heteroatoms. The van der Waals surface area contributed by atoms with Crippen LogP contribution in [-0.4, -0.2) is 57.7 Å². The van der Waals surface area contributed by atoms with E-state index in [1.807, 2.05) is 0 Å². The second-order valence-corrected chi connectivity index (χ2v) is 6.23. The summed E-state index contributed by atoms with van der Waals surface area (Å²) in [7, 11) is -1.34. The van der Waals surface area contributed by atoms with E-state index in [0.717, 1.165) is 11.4 Å². The molecule has 0 aromatic heterocycles. The van der Waals surface area contributed by atoms with E-state index in [9.17, 15) is 18.0 Å². The quantitative estimate of drug-likeness (QED) is 0.628. The van der Waals surface area contributed by atoms with E-state index in [4.69, 9.17) is 0 Å². The molecule has 2 atom stereocenters. The second-order valence-electron chi connectivity index (χ2n) is 4.26. The molecule has 0 aromatic carbocycles. The smallest absolute Gasteiger partial charge is 0.322 e. The van der Waals surface area contributed by atoms with Crippen molar-refractivity contribution in [2.75, 3.05) is 33.1 Å². The summed E-state index contributed by atoms with van der Waals surface area (Å²) >= 11 is 0. The summed E-state index contributed by atoms with van der Waals surface area (Å²) in [6.07, 6.45) is 0. The molecule has 1 rings (SSSR count). The minimum absolute atomic E-state index is 0.0488. The average Bonchev–Trinajstić information content (AvgIpc) is 2.70. The Hall–Kier alpha value is -1.15. The number of hydrogen-bond donors (Lipinski definition) is 0. The number of ether oxygens (including phenoxy) is 2. The maximum absolute atomic E-state index is 11.9.